The summed E-state index contributed by atoms with van der Waals surface area (Å²) in [5, 5.41) is 0.338. The van der Waals surface area contributed by atoms with Gasteiger partial charge in [-0.05, 0) is 38.5 Å². The van der Waals surface area contributed by atoms with Crippen molar-refractivity contribution in [2.45, 2.75) is 213 Å². The Hall–Kier alpha value is 0.0769. The summed E-state index contributed by atoms with van der Waals surface area (Å²) in [7, 11) is -2.73. The molecule has 0 aromatic heterocycles. The fourth-order valence-electron chi connectivity index (χ4n) is 6.62. The van der Waals surface area contributed by atoms with Crippen LogP contribution in [0.15, 0.2) is 0 Å². The van der Waals surface area contributed by atoms with Gasteiger partial charge in [-0.15, -0.1) is 0 Å². The summed E-state index contributed by atoms with van der Waals surface area (Å²) in [5.41, 5.74) is 3.26. The maximum absolute atomic E-state index is 12.4. The minimum atomic E-state index is -2.73. The highest BCUT2D eigenvalue weighted by molar-refractivity contribution is 8.13. The third-order valence-corrected chi connectivity index (χ3v) is 13.5. The van der Waals surface area contributed by atoms with Gasteiger partial charge in [-0.2, -0.15) is 0 Å². The second-order valence-corrected chi connectivity index (χ2v) is 17.9. The monoisotopic (exact) mass is 686 g/mol. The summed E-state index contributed by atoms with van der Waals surface area (Å²) in [6.07, 6.45) is 38.2. The Morgan fingerprint density at radius 2 is 1.15 bits per heavy atom. The lowest BCUT2D eigenvalue weighted by Gasteiger charge is -2.33. The molecule has 1 N–H and O–H groups in total. The number of rotatable bonds is 33. The van der Waals surface area contributed by atoms with Crippen molar-refractivity contribution in [1.82, 2.24) is 5.48 Å². The summed E-state index contributed by atoms with van der Waals surface area (Å²) < 4.78 is 18.6. The van der Waals surface area contributed by atoms with E-state index in [9.17, 15) is 4.79 Å². The molecule has 0 aromatic carbocycles. The molecule has 1 aliphatic rings. The third-order valence-electron chi connectivity index (χ3n) is 9.65. The Morgan fingerprint density at radius 3 is 1.65 bits per heavy atom. The molecule has 1 saturated heterocycles. The zero-order valence-corrected chi connectivity index (χ0v) is 33.0. The Balaban J connectivity index is 2.03. The quantitative estimate of drug-likeness (QED) is 0.0548. The second-order valence-electron chi connectivity index (χ2n) is 14.1. The molecule has 0 bridgehead atoms. The molecule has 1 fully saturated rings. The third kappa shape index (κ3) is 27.0. The standard InChI is InChI=1S/C39H79NO4SSi/c1-4-7-9-11-13-15-16-17-18-19-20-21-23-24-26-28-31-38-33-34-43-46(42-6-3,44-40-37-38)36-30-35-45-39(41)32-29-27-25-22-14-12-10-8-5-2/h38,40H,4-37H2,1-3H3. The fraction of sp³-hybridized carbons (Fsp3) is 0.974. The Morgan fingerprint density at radius 1 is 0.674 bits per heavy atom. The van der Waals surface area contributed by atoms with E-state index in [1.54, 1.807) is 0 Å². The summed E-state index contributed by atoms with van der Waals surface area (Å²) >= 11 is 1.49. The Bertz CT molecular complexity index is 645. The van der Waals surface area contributed by atoms with Crippen LogP contribution in [0.1, 0.15) is 207 Å². The van der Waals surface area contributed by atoms with Crippen molar-refractivity contribution in [3.05, 3.63) is 0 Å². The van der Waals surface area contributed by atoms with E-state index in [1.807, 2.05) is 6.92 Å². The van der Waals surface area contributed by atoms with E-state index < -0.39 is 8.80 Å². The molecule has 1 heterocycles. The normalized spacial score (nSPS) is 18.9. The van der Waals surface area contributed by atoms with E-state index >= 15 is 0 Å². The van der Waals surface area contributed by atoms with E-state index in [1.165, 1.54) is 172 Å². The lowest BCUT2D eigenvalue weighted by Crippen LogP contribution is -2.52. The highest BCUT2D eigenvalue weighted by Gasteiger charge is 2.42. The first-order valence-corrected chi connectivity index (χ1v) is 23.4. The molecule has 1 rings (SSSR count). The molecule has 5 nitrogen and oxygen atoms in total. The molecule has 2 atom stereocenters. The van der Waals surface area contributed by atoms with Crippen LogP contribution in [0.3, 0.4) is 0 Å². The van der Waals surface area contributed by atoms with Gasteiger partial charge in [-0.25, -0.2) is 5.48 Å². The molecule has 274 valence electrons. The van der Waals surface area contributed by atoms with Crippen molar-refractivity contribution < 1.29 is 18.2 Å². The molecule has 7 heteroatoms. The van der Waals surface area contributed by atoms with E-state index in [-0.39, 0.29) is 0 Å². The van der Waals surface area contributed by atoms with Crippen LogP contribution in [0.2, 0.25) is 6.04 Å². The number of carbonyl (C=O) groups excluding carboxylic acids is 1. The van der Waals surface area contributed by atoms with Crippen LogP contribution in [-0.2, 0) is 18.2 Å². The average Bonchev–Trinajstić information content (AvgIpc) is 3.04. The van der Waals surface area contributed by atoms with Crippen molar-refractivity contribution in [1.29, 1.82) is 0 Å². The van der Waals surface area contributed by atoms with Crippen LogP contribution in [0, 0.1) is 5.92 Å². The molecule has 0 amide bonds. The van der Waals surface area contributed by atoms with Crippen LogP contribution in [0.5, 0.6) is 0 Å². The van der Waals surface area contributed by atoms with Crippen molar-refractivity contribution in [3.8, 4) is 0 Å². The highest BCUT2D eigenvalue weighted by Crippen LogP contribution is 2.24. The van der Waals surface area contributed by atoms with Crippen molar-refractivity contribution >= 4 is 25.7 Å². The molecule has 2 unspecified atom stereocenters. The molecule has 46 heavy (non-hydrogen) atoms. The van der Waals surface area contributed by atoms with Crippen molar-refractivity contribution in [2.75, 3.05) is 25.5 Å². The highest BCUT2D eigenvalue weighted by atomic mass is 32.2. The van der Waals surface area contributed by atoms with Gasteiger partial charge >= 0.3 is 8.80 Å². The zero-order valence-electron chi connectivity index (χ0n) is 31.2. The number of hydrogen-bond donors (Lipinski definition) is 1. The van der Waals surface area contributed by atoms with Gasteiger partial charge in [-0.3, -0.25) is 9.32 Å². The van der Waals surface area contributed by atoms with Gasteiger partial charge in [0.25, 0.3) is 0 Å². The van der Waals surface area contributed by atoms with Crippen LogP contribution in [0.4, 0.5) is 0 Å². The topological polar surface area (TPSA) is 56.8 Å². The lowest BCUT2D eigenvalue weighted by molar-refractivity contribution is -0.111. The minimum absolute atomic E-state index is 0.338. The van der Waals surface area contributed by atoms with Crippen LogP contribution < -0.4 is 5.48 Å². The predicted molar refractivity (Wildman–Crippen MR) is 203 cm³/mol. The van der Waals surface area contributed by atoms with Gasteiger partial charge in [0.15, 0.2) is 5.12 Å². The van der Waals surface area contributed by atoms with E-state index in [2.05, 4.69) is 19.3 Å². The fourth-order valence-corrected chi connectivity index (χ4v) is 10.1. The first-order valence-electron chi connectivity index (χ1n) is 20.5. The maximum atomic E-state index is 12.4. The smallest absolute Gasteiger partial charge is 0.373 e. The SMILES string of the molecule is CCCCCCCCCCCCCCCCCCC1CCO[Si](CCCSC(=O)CCCCCCCCCCC)(OCC)ONC1. The zero-order chi connectivity index (χ0) is 33.2. The van der Waals surface area contributed by atoms with Crippen LogP contribution in [0.25, 0.3) is 0 Å². The molecular weight excluding hydrogens is 607 g/mol. The van der Waals surface area contributed by atoms with Crippen LogP contribution >= 0.6 is 11.8 Å². The van der Waals surface area contributed by atoms with E-state index in [0.717, 1.165) is 44.2 Å². The lowest BCUT2D eigenvalue weighted by atomic mass is 9.97. The summed E-state index contributed by atoms with van der Waals surface area (Å²) in [6.45, 7) is 8.79. The van der Waals surface area contributed by atoms with Gasteiger partial charge in [0.2, 0.25) is 0 Å². The minimum Gasteiger partial charge on any atom is -0.373 e. The van der Waals surface area contributed by atoms with E-state index in [0.29, 0.717) is 24.1 Å². The molecule has 0 radical (unpaired) electrons. The van der Waals surface area contributed by atoms with E-state index in [4.69, 9.17) is 13.4 Å². The molecule has 0 spiro atoms. The van der Waals surface area contributed by atoms with Gasteiger partial charge in [0.05, 0.1) is 0 Å². The molecule has 1 aliphatic heterocycles. The molecule has 0 saturated carbocycles. The Labute approximate surface area is 292 Å². The first-order chi connectivity index (χ1) is 22.7. The second kappa shape index (κ2) is 33.6. The van der Waals surface area contributed by atoms with Crippen LogP contribution in [-0.4, -0.2) is 39.4 Å². The van der Waals surface area contributed by atoms with Crippen molar-refractivity contribution in [3.63, 3.8) is 0 Å². The maximum Gasteiger partial charge on any atom is 0.517 e. The number of hydrogen-bond acceptors (Lipinski definition) is 6. The average molecular weight is 686 g/mol. The van der Waals surface area contributed by atoms with Gasteiger partial charge in [0, 0.05) is 38.0 Å². The Kier molecular flexibility index (Phi) is 32.2. The number of thioether (sulfide) groups is 1. The number of nitrogens with one attached hydrogen (secondary N) is 1. The predicted octanol–water partition coefficient (Wildman–Crippen LogP) is 12.7. The first kappa shape index (κ1) is 44.1. The molecule has 0 aliphatic carbocycles. The van der Waals surface area contributed by atoms with Gasteiger partial charge < -0.3 is 8.85 Å². The summed E-state index contributed by atoms with van der Waals surface area (Å²) in [4.78, 5) is 12.4. The number of carbonyl (C=O) groups is 1. The van der Waals surface area contributed by atoms with Crippen molar-refractivity contribution in [2.24, 2.45) is 5.92 Å². The van der Waals surface area contributed by atoms with Gasteiger partial charge in [0.1, 0.15) is 0 Å². The summed E-state index contributed by atoms with van der Waals surface area (Å²) in [5.74, 6) is 1.43. The number of hydroxylamine groups is 1. The van der Waals surface area contributed by atoms with Gasteiger partial charge in [-0.1, -0.05) is 180 Å². The largest absolute Gasteiger partial charge is 0.517 e. The summed E-state index contributed by atoms with van der Waals surface area (Å²) in [6, 6.07) is 0.774. The molecular formula is C39H79NO4SSi. The molecule has 0 aromatic rings. The number of unbranched alkanes of at least 4 members (excludes halogenated alkanes) is 23.